The summed E-state index contributed by atoms with van der Waals surface area (Å²) in [4.78, 5) is 0. The number of rotatable bonds is 5. The molecule has 3 aromatic carbocycles. The van der Waals surface area contributed by atoms with E-state index in [1.54, 1.807) is 0 Å². The van der Waals surface area contributed by atoms with Gasteiger partial charge in [-0.3, -0.25) is 0 Å². The molecule has 0 N–H and O–H groups in total. The SMILES string of the molecule is C#[Si]CC(C)[P+](c1ccccc1)(c1ccccc1)c1ccccc1. The maximum absolute atomic E-state index is 6.01. The van der Waals surface area contributed by atoms with Crippen molar-refractivity contribution in [2.24, 2.45) is 0 Å². The molecule has 0 aromatic heterocycles. The Labute approximate surface area is 148 Å². The van der Waals surface area contributed by atoms with Crippen LogP contribution in [-0.4, -0.2) is 14.6 Å². The summed E-state index contributed by atoms with van der Waals surface area (Å²) in [5.41, 5.74) is 0.507. The largest absolute Gasteiger partial charge is 0.158 e. The van der Waals surface area contributed by atoms with Gasteiger partial charge in [0.15, 0.2) is 0 Å². The van der Waals surface area contributed by atoms with E-state index in [0.717, 1.165) is 6.04 Å². The molecule has 0 bridgehead atoms. The number of benzene rings is 3. The summed E-state index contributed by atoms with van der Waals surface area (Å²) in [6.07, 6.45) is 0. The molecule has 0 radical (unpaired) electrons. The fourth-order valence-corrected chi connectivity index (χ4v) is 9.61. The van der Waals surface area contributed by atoms with E-state index in [-0.39, 0.29) is 0 Å². The Balaban J connectivity index is 2.35. The summed E-state index contributed by atoms with van der Waals surface area (Å²) in [5, 5.41) is 4.31. The minimum absolute atomic E-state index is 0.474. The van der Waals surface area contributed by atoms with Gasteiger partial charge in [-0.1, -0.05) is 54.6 Å². The molecule has 3 aromatic rings. The summed E-state index contributed by atoms with van der Waals surface area (Å²) < 4.78 is 0. The zero-order chi connectivity index (χ0) is 16.8. The van der Waals surface area contributed by atoms with Crippen LogP contribution in [-0.2, 0) is 0 Å². The molecular weight excluding hydrogens is 323 g/mol. The highest BCUT2D eigenvalue weighted by Crippen LogP contribution is 2.60. The van der Waals surface area contributed by atoms with Crippen LogP contribution < -0.4 is 15.9 Å². The molecule has 0 aliphatic heterocycles. The third-order valence-electron chi connectivity index (χ3n) is 4.56. The Hall–Kier alpha value is -1.91. The van der Waals surface area contributed by atoms with Gasteiger partial charge in [-0.05, 0) is 52.3 Å². The van der Waals surface area contributed by atoms with Gasteiger partial charge in [0.2, 0.25) is 0 Å². The van der Waals surface area contributed by atoms with Crippen molar-refractivity contribution in [2.75, 3.05) is 0 Å². The zero-order valence-corrected chi connectivity index (χ0v) is 15.9. The van der Waals surface area contributed by atoms with E-state index in [0.29, 0.717) is 14.6 Å². The summed E-state index contributed by atoms with van der Waals surface area (Å²) in [6, 6.07) is 40.1. The monoisotopic (exact) mass is 345 g/mol. The molecule has 0 fully saturated rings. The predicted molar refractivity (Wildman–Crippen MR) is 110 cm³/mol. The summed E-state index contributed by atoms with van der Waals surface area (Å²) in [6.45, 7) is 2.38. The molecule has 0 spiro atoms. The van der Waals surface area contributed by atoms with Crippen molar-refractivity contribution in [3.05, 3.63) is 91.0 Å². The van der Waals surface area contributed by atoms with Gasteiger partial charge in [0, 0.05) is 6.04 Å². The molecule has 3 rings (SSSR count). The molecule has 118 valence electrons. The lowest BCUT2D eigenvalue weighted by molar-refractivity contribution is 1.08. The smallest absolute Gasteiger partial charge is 0.115 e. The van der Waals surface area contributed by atoms with Crippen molar-refractivity contribution in [1.82, 2.24) is 0 Å². The van der Waals surface area contributed by atoms with Crippen LogP contribution in [0.3, 0.4) is 0 Å². The Morgan fingerprint density at radius 1 is 0.708 bits per heavy atom. The van der Waals surface area contributed by atoms with Crippen LogP contribution in [0.25, 0.3) is 0 Å². The molecule has 1 unspecified atom stereocenters. The van der Waals surface area contributed by atoms with E-state index in [1.807, 2.05) is 0 Å². The maximum atomic E-state index is 6.01. The minimum atomic E-state index is -1.73. The van der Waals surface area contributed by atoms with Crippen LogP contribution in [0.5, 0.6) is 0 Å². The van der Waals surface area contributed by atoms with Crippen molar-refractivity contribution in [2.45, 2.75) is 18.6 Å². The van der Waals surface area contributed by atoms with Crippen molar-refractivity contribution in [1.29, 1.82) is 0 Å². The van der Waals surface area contributed by atoms with Crippen LogP contribution in [0, 0.1) is 6.00 Å². The van der Waals surface area contributed by atoms with Crippen molar-refractivity contribution in [3.63, 3.8) is 0 Å². The normalized spacial score (nSPS) is 12.3. The Bertz CT molecular complexity index is 710. The van der Waals surface area contributed by atoms with Crippen LogP contribution in [0.1, 0.15) is 6.92 Å². The van der Waals surface area contributed by atoms with Gasteiger partial charge < -0.3 is 0 Å². The van der Waals surface area contributed by atoms with Crippen LogP contribution in [0.15, 0.2) is 91.0 Å². The van der Waals surface area contributed by atoms with Gasteiger partial charge in [-0.2, -0.15) is 6.00 Å². The lowest BCUT2D eigenvalue weighted by Crippen LogP contribution is -2.37. The van der Waals surface area contributed by atoms with Gasteiger partial charge in [-0.25, -0.2) is 0 Å². The Morgan fingerprint density at radius 2 is 1.04 bits per heavy atom. The molecular formula is C22H22PSi+. The molecule has 1 atom stereocenters. The first-order chi connectivity index (χ1) is 11.8. The second-order valence-electron chi connectivity index (χ2n) is 5.99. The third-order valence-corrected chi connectivity index (χ3v) is 10.6. The number of hydrogen-bond acceptors (Lipinski definition) is 0. The van der Waals surface area contributed by atoms with Gasteiger partial charge in [0.25, 0.3) is 0 Å². The first-order valence-corrected chi connectivity index (χ1v) is 11.4. The average Bonchev–Trinajstić information content (AvgIpc) is 2.65. The zero-order valence-electron chi connectivity index (χ0n) is 14.0. The fourth-order valence-electron chi connectivity index (χ4n) is 3.51. The third kappa shape index (κ3) is 3.04. The van der Waals surface area contributed by atoms with Gasteiger partial charge >= 0.3 is 0 Å². The highest BCUT2D eigenvalue weighted by atomic mass is 31.2. The molecule has 0 nitrogen and oxygen atoms in total. The average molecular weight is 345 g/mol. The maximum Gasteiger partial charge on any atom is 0.115 e. The second-order valence-corrected chi connectivity index (χ2v) is 10.7. The molecule has 0 aliphatic carbocycles. The van der Waals surface area contributed by atoms with Crippen LogP contribution in [0.4, 0.5) is 0 Å². The molecule has 0 saturated carbocycles. The summed E-state index contributed by atoms with van der Waals surface area (Å²) in [7, 11) is -1.26. The predicted octanol–water partition coefficient (Wildman–Crippen LogP) is 4.08. The van der Waals surface area contributed by atoms with Crippen LogP contribution >= 0.6 is 7.26 Å². The quantitative estimate of drug-likeness (QED) is 0.483. The molecule has 24 heavy (non-hydrogen) atoms. The first kappa shape index (κ1) is 16.9. The molecule has 0 saturated heterocycles. The van der Waals surface area contributed by atoms with E-state index in [1.165, 1.54) is 15.9 Å². The van der Waals surface area contributed by atoms with E-state index in [9.17, 15) is 0 Å². The van der Waals surface area contributed by atoms with Gasteiger partial charge in [0.1, 0.15) is 23.2 Å². The molecule has 2 heteroatoms. The van der Waals surface area contributed by atoms with Crippen LogP contribution in [0.2, 0.25) is 6.04 Å². The first-order valence-electron chi connectivity index (χ1n) is 8.29. The van der Waals surface area contributed by atoms with Crippen molar-refractivity contribution in [3.8, 4) is 6.00 Å². The van der Waals surface area contributed by atoms with Crippen molar-refractivity contribution >= 4 is 32.1 Å². The molecule has 0 aliphatic rings. The highest BCUT2D eigenvalue weighted by molar-refractivity contribution is 7.96. The Morgan fingerprint density at radius 3 is 1.33 bits per heavy atom. The number of hydrogen-bond donors (Lipinski definition) is 0. The Kier molecular flexibility index (Phi) is 5.48. The highest BCUT2D eigenvalue weighted by Gasteiger charge is 2.49. The second kappa shape index (κ2) is 7.77. The van der Waals surface area contributed by atoms with Gasteiger partial charge in [0.05, 0.1) is 5.66 Å². The van der Waals surface area contributed by atoms with Crippen molar-refractivity contribution < 1.29 is 0 Å². The van der Waals surface area contributed by atoms with E-state index >= 15 is 0 Å². The standard InChI is InChI=1S/C22H22PSi/c1-19(18-24-2)23(20-12-6-3-7-13-20,21-14-8-4-9-15-21)22-16-10-5-11-17-22/h2-17,19H,18H2,1H3/q+1. The van der Waals surface area contributed by atoms with E-state index in [2.05, 4.69) is 97.9 Å². The minimum Gasteiger partial charge on any atom is -0.158 e. The fraction of sp³-hybridized carbons (Fsp3) is 0.136. The van der Waals surface area contributed by atoms with E-state index < -0.39 is 7.26 Å². The van der Waals surface area contributed by atoms with Gasteiger partial charge in [-0.15, -0.1) is 0 Å². The molecule has 0 amide bonds. The summed E-state index contributed by atoms with van der Waals surface area (Å²) in [5.74, 6) is 0. The molecule has 0 heterocycles. The van der Waals surface area contributed by atoms with E-state index in [4.69, 9.17) is 6.00 Å². The summed E-state index contributed by atoms with van der Waals surface area (Å²) >= 11 is 0. The lowest BCUT2D eigenvalue weighted by Gasteiger charge is -2.32. The topological polar surface area (TPSA) is 0 Å². The lowest BCUT2D eigenvalue weighted by atomic mass is 10.3.